The monoisotopic (exact) mass is 375 g/mol. The van der Waals surface area contributed by atoms with Gasteiger partial charge in [-0.3, -0.25) is 9.47 Å². The molecular formula is C17H18ClN5OS. The first-order chi connectivity index (χ1) is 12.0. The summed E-state index contributed by atoms with van der Waals surface area (Å²) in [6, 6.07) is 9.22. The summed E-state index contributed by atoms with van der Waals surface area (Å²) in [7, 11) is 0. The summed E-state index contributed by atoms with van der Waals surface area (Å²) in [5.74, 6) is 0.572. The SMILES string of the molecule is CCc1nn(CC(=O)Nc2ccc(C)c(Cl)c2)c(=S)n1-n1cccc1. The van der Waals surface area contributed by atoms with Gasteiger partial charge in [-0.1, -0.05) is 24.6 Å². The third kappa shape index (κ3) is 3.67. The Bertz CT molecular complexity index is 958. The molecule has 3 aromatic rings. The Morgan fingerprint density at radius 3 is 2.68 bits per heavy atom. The average molecular weight is 376 g/mol. The van der Waals surface area contributed by atoms with Crippen molar-refractivity contribution in [2.24, 2.45) is 0 Å². The van der Waals surface area contributed by atoms with Gasteiger partial charge in [0.25, 0.3) is 0 Å². The number of benzene rings is 1. The number of anilines is 1. The molecule has 0 fully saturated rings. The van der Waals surface area contributed by atoms with Gasteiger partial charge in [0.05, 0.1) is 0 Å². The second-order valence-corrected chi connectivity index (χ2v) is 6.37. The van der Waals surface area contributed by atoms with Gasteiger partial charge >= 0.3 is 0 Å². The molecule has 0 unspecified atom stereocenters. The van der Waals surface area contributed by atoms with E-state index >= 15 is 0 Å². The Hall–Kier alpha value is -2.38. The van der Waals surface area contributed by atoms with Crippen molar-refractivity contribution >= 4 is 35.4 Å². The van der Waals surface area contributed by atoms with Crippen LogP contribution in [0.25, 0.3) is 0 Å². The number of carbonyl (C=O) groups is 1. The highest BCUT2D eigenvalue weighted by molar-refractivity contribution is 7.71. The minimum absolute atomic E-state index is 0.0333. The lowest BCUT2D eigenvalue weighted by atomic mass is 10.2. The van der Waals surface area contributed by atoms with Crippen LogP contribution in [0.4, 0.5) is 5.69 Å². The van der Waals surface area contributed by atoms with E-state index in [1.807, 2.05) is 59.9 Å². The van der Waals surface area contributed by atoms with Gasteiger partial charge in [0.1, 0.15) is 6.54 Å². The maximum absolute atomic E-state index is 12.3. The second kappa shape index (κ2) is 7.25. The lowest BCUT2D eigenvalue weighted by Crippen LogP contribution is -2.20. The number of hydrogen-bond donors (Lipinski definition) is 1. The van der Waals surface area contributed by atoms with E-state index in [2.05, 4.69) is 10.4 Å². The molecule has 1 N–H and O–H groups in total. The van der Waals surface area contributed by atoms with Gasteiger partial charge in [0.15, 0.2) is 5.82 Å². The van der Waals surface area contributed by atoms with E-state index in [1.54, 1.807) is 6.07 Å². The smallest absolute Gasteiger partial charge is 0.246 e. The van der Waals surface area contributed by atoms with Crippen LogP contribution in [-0.2, 0) is 17.8 Å². The van der Waals surface area contributed by atoms with E-state index in [0.717, 1.165) is 11.4 Å². The number of amides is 1. The standard InChI is InChI=1S/C17H18ClN5OS/c1-3-15-20-22(17(25)23(15)21-8-4-5-9-21)11-16(24)19-13-7-6-12(2)14(18)10-13/h4-10H,3,11H2,1-2H3,(H,19,24). The van der Waals surface area contributed by atoms with Gasteiger partial charge in [-0.15, -0.1) is 0 Å². The Kier molecular flexibility index (Phi) is 5.06. The van der Waals surface area contributed by atoms with Crippen LogP contribution in [0.15, 0.2) is 42.7 Å². The lowest BCUT2D eigenvalue weighted by molar-refractivity contribution is -0.116. The van der Waals surface area contributed by atoms with Gasteiger partial charge in [0.2, 0.25) is 10.7 Å². The molecule has 0 aliphatic rings. The molecular weight excluding hydrogens is 358 g/mol. The largest absolute Gasteiger partial charge is 0.324 e. The van der Waals surface area contributed by atoms with Crippen LogP contribution in [0.2, 0.25) is 5.02 Å². The van der Waals surface area contributed by atoms with Crippen LogP contribution in [0, 0.1) is 11.7 Å². The molecule has 1 amide bonds. The summed E-state index contributed by atoms with van der Waals surface area (Å²) < 4.78 is 5.65. The minimum atomic E-state index is -0.212. The molecule has 8 heteroatoms. The third-order valence-electron chi connectivity index (χ3n) is 3.77. The Morgan fingerprint density at radius 2 is 2.04 bits per heavy atom. The number of rotatable bonds is 5. The van der Waals surface area contributed by atoms with Crippen molar-refractivity contribution in [1.82, 2.24) is 19.1 Å². The summed E-state index contributed by atoms with van der Waals surface area (Å²) in [6.07, 6.45) is 4.47. The maximum Gasteiger partial charge on any atom is 0.246 e. The number of hydrogen-bond acceptors (Lipinski definition) is 3. The normalized spacial score (nSPS) is 10.8. The molecule has 0 saturated carbocycles. The highest BCUT2D eigenvalue weighted by Gasteiger charge is 2.13. The Labute approximate surface area is 155 Å². The molecule has 2 aromatic heterocycles. The maximum atomic E-state index is 12.3. The fourth-order valence-electron chi connectivity index (χ4n) is 2.47. The van der Waals surface area contributed by atoms with E-state index < -0.39 is 0 Å². The molecule has 130 valence electrons. The Balaban J connectivity index is 1.82. The van der Waals surface area contributed by atoms with Gasteiger partial charge in [-0.25, -0.2) is 9.36 Å². The molecule has 1 aromatic carbocycles. The molecule has 0 saturated heterocycles. The highest BCUT2D eigenvalue weighted by atomic mass is 35.5. The first-order valence-electron chi connectivity index (χ1n) is 7.88. The zero-order valence-electron chi connectivity index (χ0n) is 13.9. The van der Waals surface area contributed by atoms with Crippen molar-refractivity contribution in [1.29, 1.82) is 0 Å². The van der Waals surface area contributed by atoms with E-state index in [1.165, 1.54) is 4.68 Å². The summed E-state index contributed by atoms with van der Waals surface area (Å²) in [5.41, 5.74) is 1.60. The second-order valence-electron chi connectivity index (χ2n) is 5.60. The van der Waals surface area contributed by atoms with Crippen molar-refractivity contribution in [3.05, 3.63) is 63.9 Å². The van der Waals surface area contributed by atoms with Crippen molar-refractivity contribution in [3.63, 3.8) is 0 Å². The van der Waals surface area contributed by atoms with E-state index in [9.17, 15) is 4.79 Å². The molecule has 0 aliphatic heterocycles. The lowest BCUT2D eigenvalue weighted by Gasteiger charge is -2.07. The molecule has 6 nitrogen and oxygen atoms in total. The van der Waals surface area contributed by atoms with Crippen LogP contribution in [0.3, 0.4) is 0 Å². The number of aryl methyl sites for hydroxylation is 2. The molecule has 25 heavy (non-hydrogen) atoms. The molecule has 0 spiro atoms. The van der Waals surface area contributed by atoms with E-state index in [-0.39, 0.29) is 12.5 Å². The predicted molar refractivity (Wildman–Crippen MR) is 100 cm³/mol. The minimum Gasteiger partial charge on any atom is -0.324 e. The first kappa shape index (κ1) is 17.4. The fourth-order valence-corrected chi connectivity index (χ4v) is 2.95. The van der Waals surface area contributed by atoms with Crippen LogP contribution < -0.4 is 5.32 Å². The topological polar surface area (TPSA) is 56.8 Å². The average Bonchev–Trinajstić information content (AvgIpc) is 3.19. The molecule has 0 aliphatic carbocycles. The van der Waals surface area contributed by atoms with Crippen LogP contribution in [0.5, 0.6) is 0 Å². The van der Waals surface area contributed by atoms with Gasteiger partial charge in [0, 0.05) is 29.5 Å². The zero-order valence-corrected chi connectivity index (χ0v) is 15.5. The molecule has 0 bridgehead atoms. The predicted octanol–water partition coefficient (Wildman–Crippen LogP) is 3.69. The molecule has 0 atom stereocenters. The third-order valence-corrected chi connectivity index (χ3v) is 4.56. The summed E-state index contributed by atoms with van der Waals surface area (Å²) in [5, 5.41) is 7.90. The summed E-state index contributed by atoms with van der Waals surface area (Å²) in [4.78, 5) is 12.3. The van der Waals surface area contributed by atoms with Gasteiger partial charge in [-0.2, -0.15) is 5.10 Å². The van der Waals surface area contributed by atoms with Crippen molar-refractivity contribution < 1.29 is 4.79 Å². The van der Waals surface area contributed by atoms with Crippen molar-refractivity contribution in [2.45, 2.75) is 26.8 Å². The zero-order chi connectivity index (χ0) is 18.0. The van der Waals surface area contributed by atoms with Crippen molar-refractivity contribution in [2.75, 3.05) is 5.32 Å². The number of nitrogens with zero attached hydrogens (tertiary/aromatic N) is 4. The summed E-state index contributed by atoms with van der Waals surface area (Å²) in [6.45, 7) is 3.94. The number of nitrogens with one attached hydrogen (secondary N) is 1. The van der Waals surface area contributed by atoms with Crippen molar-refractivity contribution in [3.8, 4) is 0 Å². The first-order valence-corrected chi connectivity index (χ1v) is 8.66. The quantitative estimate of drug-likeness (QED) is 0.692. The van der Waals surface area contributed by atoms with Crippen LogP contribution in [-0.4, -0.2) is 25.0 Å². The fraction of sp³-hybridized carbons (Fsp3) is 0.235. The Morgan fingerprint density at radius 1 is 1.32 bits per heavy atom. The summed E-state index contributed by atoms with van der Waals surface area (Å²) >= 11 is 11.6. The van der Waals surface area contributed by atoms with Gasteiger partial charge in [-0.05, 0) is 49.0 Å². The number of halogens is 1. The highest BCUT2D eigenvalue weighted by Crippen LogP contribution is 2.20. The molecule has 2 heterocycles. The van der Waals surface area contributed by atoms with E-state index in [0.29, 0.717) is 21.9 Å². The van der Waals surface area contributed by atoms with Crippen LogP contribution in [0.1, 0.15) is 18.3 Å². The van der Waals surface area contributed by atoms with Crippen LogP contribution >= 0.6 is 23.8 Å². The number of aromatic nitrogens is 4. The number of carbonyl (C=O) groups excluding carboxylic acids is 1. The molecule has 3 rings (SSSR count). The van der Waals surface area contributed by atoms with Gasteiger partial charge < -0.3 is 5.32 Å². The molecule has 0 radical (unpaired) electrons. The van der Waals surface area contributed by atoms with E-state index in [4.69, 9.17) is 23.8 Å².